The number of nitrogens with zero attached hydrogens (tertiary/aromatic N) is 1. The van der Waals surface area contributed by atoms with E-state index in [-0.39, 0.29) is 23.2 Å². The lowest BCUT2D eigenvalue weighted by molar-refractivity contribution is -0.124. The molecule has 110 valence electrons. The molecule has 6 heteroatoms. The Bertz CT molecular complexity index is 480. The van der Waals surface area contributed by atoms with Gasteiger partial charge in [0.15, 0.2) is 6.61 Å². The van der Waals surface area contributed by atoms with Gasteiger partial charge in [-0.25, -0.2) is 9.78 Å². The number of hydrogen-bond acceptors (Lipinski definition) is 4. The van der Waals surface area contributed by atoms with Gasteiger partial charge in [0.2, 0.25) is 0 Å². The highest BCUT2D eigenvalue weighted by atomic mass is 35.5. The van der Waals surface area contributed by atoms with Crippen LogP contribution in [0.15, 0.2) is 6.07 Å². The van der Waals surface area contributed by atoms with Crippen molar-refractivity contribution in [1.29, 1.82) is 0 Å². The topological polar surface area (TPSA) is 68.3 Å². The number of rotatable bonds is 6. The van der Waals surface area contributed by atoms with E-state index in [1.54, 1.807) is 19.9 Å². The monoisotopic (exact) mass is 298 g/mol. The molecule has 1 aromatic rings. The molecule has 0 aliphatic carbocycles. The third kappa shape index (κ3) is 4.81. The number of esters is 1. The van der Waals surface area contributed by atoms with Crippen LogP contribution in [0, 0.1) is 13.8 Å². The van der Waals surface area contributed by atoms with Crippen molar-refractivity contribution in [2.24, 2.45) is 0 Å². The van der Waals surface area contributed by atoms with E-state index in [2.05, 4.69) is 10.3 Å². The Labute approximate surface area is 123 Å². The summed E-state index contributed by atoms with van der Waals surface area (Å²) in [6, 6.07) is 1.74. The molecule has 0 saturated heterocycles. The first-order chi connectivity index (χ1) is 9.45. The second-order valence-corrected chi connectivity index (χ2v) is 4.88. The van der Waals surface area contributed by atoms with Crippen LogP contribution < -0.4 is 5.32 Å². The molecule has 0 bridgehead atoms. The van der Waals surface area contributed by atoms with E-state index in [1.165, 1.54) is 0 Å². The van der Waals surface area contributed by atoms with Crippen LogP contribution in [0.4, 0.5) is 0 Å². The third-order valence-electron chi connectivity index (χ3n) is 2.69. The Morgan fingerprint density at radius 1 is 1.40 bits per heavy atom. The van der Waals surface area contributed by atoms with E-state index >= 15 is 0 Å². The minimum absolute atomic E-state index is 0.0962. The summed E-state index contributed by atoms with van der Waals surface area (Å²) in [6.07, 6.45) is 1.89. The van der Waals surface area contributed by atoms with Gasteiger partial charge in [-0.05, 0) is 31.9 Å². The highest BCUT2D eigenvalue weighted by Gasteiger charge is 2.17. The van der Waals surface area contributed by atoms with Gasteiger partial charge in [0.1, 0.15) is 5.15 Å². The van der Waals surface area contributed by atoms with E-state index in [4.69, 9.17) is 16.3 Å². The molecule has 0 unspecified atom stereocenters. The SMILES string of the molecule is CCCCNC(=O)COC(=O)c1c(C)cc(C)nc1Cl. The zero-order valence-corrected chi connectivity index (χ0v) is 12.7. The van der Waals surface area contributed by atoms with Gasteiger partial charge in [0.25, 0.3) is 5.91 Å². The first-order valence-corrected chi connectivity index (χ1v) is 6.91. The minimum atomic E-state index is -0.634. The van der Waals surface area contributed by atoms with Crippen LogP contribution in [0.25, 0.3) is 0 Å². The molecule has 0 saturated carbocycles. The fourth-order valence-corrected chi connectivity index (χ4v) is 2.05. The van der Waals surface area contributed by atoms with Crippen molar-refractivity contribution in [2.75, 3.05) is 13.2 Å². The Hall–Kier alpha value is -1.62. The zero-order valence-electron chi connectivity index (χ0n) is 12.0. The smallest absolute Gasteiger partial charge is 0.342 e. The average Bonchev–Trinajstić information content (AvgIpc) is 2.35. The van der Waals surface area contributed by atoms with E-state index in [1.807, 2.05) is 6.92 Å². The van der Waals surface area contributed by atoms with Gasteiger partial charge in [0.05, 0.1) is 5.56 Å². The molecule has 5 nitrogen and oxygen atoms in total. The molecular weight excluding hydrogens is 280 g/mol. The predicted molar refractivity (Wildman–Crippen MR) is 76.9 cm³/mol. The molecule has 0 fully saturated rings. The average molecular weight is 299 g/mol. The number of carbonyl (C=O) groups is 2. The Kier molecular flexibility index (Phi) is 6.45. The second-order valence-electron chi connectivity index (χ2n) is 4.53. The van der Waals surface area contributed by atoms with Crippen LogP contribution in [0.2, 0.25) is 5.15 Å². The first kappa shape index (κ1) is 16.4. The van der Waals surface area contributed by atoms with Crippen molar-refractivity contribution in [3.63, 3.8) is 0 Å². The molecule has 1 heterocycles. The molecule has 1 rings (SSSR count). The Balaban J connectivity index is 2.57. The maximum atomic E-state index is 11.9. The highest BCUT2D eigenvalue weighted by Crippen LogP contribution is 2.19. The van der Waals surface area contributed by atoms with Crippen LogP contribution in [-0.4, -0.2) is 30.0 Å². The molecule has 1 N–H and O–H groups in total. The third-order valence-corrected chi connectivity index (χ3v) is 2.97. The van der Waals surface area contributed by atoms with Crippen molar-refractivity contribution in [3.8, 4) is 0 Å². The first-order valence-electron chi connectivity index (χ1n) is 6.53. The number of hydrogen-bond donors (Lipinski definition) is 1. The van der Waals surface area contributed by atoms with Gasteiger partial charge in [-0.2, -0.15) is 0 Å². The van der Waals surface area contributed by atoms with Crippen molar-refractivity contribution >= 4 is 23.5 Å². The summed E-state index contributed by atoms with van der Waals surface area (Å²) in [7, 11) is 0. The van der Waals surface area contributed by atoms with E-state index in [0.29, 0.717) is 12.1 Å². The highest BCUT2D eigenvalue weighted by molar-refractivity contribution is 6.32. The van der Waals surface area contributed by atoms with E-state index in [9.17, 15) is 9.59 Å². The number of carbonyl (C=O) groups excluding carboxylic acids is 2. The van der Waals surface area contributed by atoms with Gasteiger partial charge in [0, 0.05) is 12.2 Å². The van der Waals surface area contributed by atoms with Crippen LogP contribution in [0.3, 0.4) is 0 Å². The molecule has 0 spiro atoms. The molecule has 0 aliphatic rings. The molecular formula is C14H19ClN2O3. The standard InChI is InChI=1S/C14H19ClN2O3/c1-4-5-6-16-11(18)8-20-14(19)12-9(2)7-10(3)17-13(12)15/h7H,4-6,8H2,1-3H3,(H,16,18). The maximum absolute atomic E-state index is 11.9. The molecule has 1 aromatic heterocycles. The van der Waals surface area contributed by atoms with Crippen molar-refractivity contribution in [2.45, 2.75) is 33.6 Å². The molecule has 1 amide bonds. The maximum Gasteiger partial charge on any atom is 0.342 e. The lowest BCUT2D eigenvalue weighted by Crippen LogP contribution is -2.29. The lowest BCUT2D eigenvalue weighted by atomic mass is 10.1. The quantitative estimate of drug-likeness (QED) is 0.497. The number of nitrogens with one attached hydrogen (secondary N) is 1. The lowest BCUT2D eigenvalue weighted by Gasteiger charge is -2.09. The summed E-state index contributed by atoms with van der Waals surface area (Å²) in [6.45, 7) is 5.83. The normalized spacial score (nSPS) is 10.2. The number of amides is 1. The fourth-order valence-electron chi connectivity index (χ4n) is 1.70. The van der Waals surface area contributed by atoms with Crippen LogP contribution in [-0.2, 0) is 9.53 Å². The van der Waals surface area contributed by atoms with Crippen LogP contribution in [0.1, 0.15) is 41.4 Å². The Morgan fingerprint density at radius 2 is 2.10 bits per heavy atom. The van der Waals surface area contributed by atoms with Crippen molar-refractivity contribution < 1.29 is 14.3 Å². The number of pyridine rings is 1. The zero-order chi connectivity index (χ0) is 15.1. The van der Waals surface area contributed by atoms with E-state index < -0.39 is 5.97 Å². The van der Waals surface area contributed by atoms with Gasteiger partial charge in [-0.3, -0.25) is 4.79 Å². The van der Waals surface area contributed by atoms with Crippen molar-refractivity contribution in [3.05, 3.63) is 28.0 Å². The number of aryl methyl sites for hydroxylation is 2. The van der Waals surface area contributed by atoms with Crippen molar-refractivity contribution in [1.82, 2.24) is 10.3 Å². The molecule has 20 heavy (non-hydrogen) atoms. The number of ether oxygens (including phenoxy) is 1. The minimum Gasteiger partial charge on any atom is -0.452 e. The van der Waals surface area contributed by atoms with Gasteiger partial charge >= 0.3 is 5.97 Å². The van der Waals surface area contributed by atoms with Crippen LogP contribution >= 0.6 is 11.6 Å². The largest absolute Gasteiger partial charge is 0.452 e. The van der Waals surface area contributed by atoms with Gasteiger partial charge in [-0.15, -0.1) is 0 Å². The number of aromatic nitrogens is 1. The molecule has 0 aromatic carbocycles. The summed E-state index contributed by atoms with van der Waals surface area (Å²) in [5.74, 6) is -0.953. The molecule has 0 aliphatic heterocycles. The van der Waals surface area contributed by atoms with Gasteiger partial charge in [-0.1, -0.05) is 24.9 Å². The van der Waals surface area contributed by atoms with Crippen LogP contribution in [0.5, 0.6) is 0 Å². The second kappa shape index (κ2) is 7.85. The summed E-state index contributed by atoms with van der Waals surface area (Å²) in [4.78, 5) is 27.4. The Morgan fingerprint density at radius 3 is 2.70 bits per heavy atom. The van der Waals surface area contributed by atoms with E-state index in [0.717, 1.165) is 18.5 Å². The summed E-state index contributed by atoms with van der Waals surface area (Å²) in [5.41, 5.74) is 1.61. The fraction of sp³-hybridized carbons (Fsp3) is 0.500. The predicted octanol–water partition coefficient (Wildman–Crippen LogP) is 2.42. The molecule has 0 atom stereocenters. The number of halogens is 1. The molecule has 0 radical (unpaired) electrons. The number of unbranched alkanes of at least 4 members (excludes halogenated alkanes) is 1. The van der Waals surface area contributed by atoms with Gasteiger partial charge < -0.3 is 10.1 Å². The summed E-state index contributed by atoms with van der Waals surface area (Å²) >= 11 is 5.93. The summed E-state index contributed by atoms with van der Waals surface area (Å²) < 4.78 is 4.95. The summed E-state index contributed by atoms with van der Waals surface area (Å²) in [5, 5.41) is 2.76.